The first kappa shape index (κ1) is 20.4. The van der Waals surface area contributed by atoms with Crippen molar-refractivity contribution in [2.45, 2.75) is 19.4 Å². The molecular formula is C20H19N3O5S. The summed E-state index contributed by atoms with van der Waals surface area (Å²) in [7, 11) is 0. The molecule has 150 valence electrons. The Bertz CT molecular complexity index is 1070. The number of aryl methyl sites for hydroxylation is 1. The molecular weight excluding hydrogens is 394 g/mol. The average Bonchev–Trinajstić information content (AvgIpc) is 3.12. The summed E-state index contributed by atoms with van der Waals surface area (Å²) in [5.41, 5.74) is -1.10. The van der Waals surface area contributed by atoms with Gasteiger partial charge >= 0.3 is 11.8 Å². The highest BCUT2D eigenvalue weighted by molar-refractivity contribution is 7.19. The smallest absolute Gasteiger partial charge is 0.313 e. The van der Waals surface area contributed by atoms with Gasteiger partial charge in [0.1, 0.15) is 11.3 Å². The summed E-state index contributed by atoms with van der Waals surface area (Å²) in [6, 6.07) is 13.7. The van der Waals surface area contributed by atoms with Crippen LogP contribution in [0.5, 0.6) is 0 Å². The second-order valence-corrected chi connectivity index (χ2v) is 7.92. The predicted molar refractivity (Wildman–Crippen MR) is 111 cm³/mol. The number of aliphatic hydroxyl groups is 1. The topological polar surface area (TPSA) is 122 Å². The highest BCUT2D eigenvalue weighted by Crippen LogP contribution is 2.32. The molecule has 0 saturated carbocycles. The first-order chi connectivity index (χ1) is 13.7. The molecule has 0 fully saturated rings. The van der Waals surface area contributed by atoms with Gasteiger partial charge in [-0.3, -0.25) is 19.7 Å². The molecule has 3 aromatic rings. The van der Waals surface area contributed by atoms with E-state index in [0.717, 1.165) is 10.1 Å². The summed E-state index contributed by atoms with van der Waals surface area (Å²) in [4.78, 5) is 35.4. The van der Waals surface area contributed by atoms with Crippen molar-refractivity contribution in [3.05, 3.63) is 69.1 Å². The van der Waals surface area contributed by atoms with Gasteiger partial charge in [0.15, 0.2) is 0 Å². The van der Waals surface area contributed by atoms with E-state index >= 15 is 0 Å². The number of anilines is 1. The van der Waals surface area contributed by atoms with Crippen LogP contribution < -0.4 is 10.6 Å². The Hall–Kier alpha value is -3.30. The van der Waals surface area contributed by atoms with Crippen LogP contribution in [0.2, 0.25) is 0 Å². The van der Waals surface area contributed by atoms with Crippen LogP contribution in [-0.4, -0.2) is 28.4 Å². The zero-order valence-electron chi connectivity index (χ0n) is 15.8. The van der Waals surface area contributed by atoms with Crippen LogP contribution in [0.15, 0.2) is 48.5 Å². The van der Waals surface area contributed by atoms with Crippen molar-refractivity contribution in [2.75, 3.05) is 11.9 Å². The van der Waals surface area contributed by atoms with Crippen LogP contribution in [0.1, 0.15) is 17.4 Å². The van der Waals surface area contributed by atoms with E-state index in [9.17, 15) is 24.8 Å². The molecule has 1 unspecified atom stereocenters. The standard InChI is InChI=1S/C20H19N3O5S/c1-12-7-8-14(15(9-12)23(27)28)22-19(25)18(24)21-11-20(2,26)17-10-13-5-3-4-6-16(13)29-17/h3-10,26H,11H2,1-2H3,(H,21,24)(H,22,25). The molecule has 0 spiro atoms. The first-order valence-electron chi connectivity index (χ1n) is 8.73. The van der Waals surface area contributed by atoms with E-state index in [1.54, 1.807) is 19.9 Å². The summed E-state index contributed by atoms with van der Waals surface area (Å²) in [6.45, 7) is 3.03. The van der Waals surface area contributed by atoms with E-state index in [0.29, 0.717) is 10.4 Å². The molecule has 1 atom stereocenters. The maximum absolute atomic E-state index is 12.1. The fraction of sp³-hybridized carbons (Fsp3) is 0.200. The minimum atomic E-state index is -1.38. The van der Waals surface area contributed by atoms with Gasteiger partial charge in [0.05, 0.1) is 11.5 Å². The second kappa shape index (κ2) is 7.98. The predicted octanol–water partition coefficient (Wildman–Crippen LogP) is 3.08. The zero-order valence-corrected chi connectivity index (χ0v) is 16.6. The van der Waals surface area contributed by atoms with Gasteiger partial charge in [-0.05, 0) is 43.0 Å². The number of nitrogens with zero attached hydrogens (tertiary/aromatic N) is 1. The third-order valence-corrected chi connectivity index (χ3v) is 5.72. The lowest BCUT2D eigenvalue weighted by Crippen LogP contribution is -2.43. The Kier molecular flexibility index (Phi) is 5.62. The van der Waals surface area contributed by atoms with Crippen LogP contribution in [0.4, 0.5) is 11.4 Å². The first-order valence-corrected chi connectivity index (χ1v) is 9.55. The molecule has 2 aromatic carbocycles. The third-order valence-electron chi connectivity index (χ3n) is 4.35. The Morgan fingerprint density at radius 3 is 2.59 bits per heavy atom. The van der Waals surface area contributed by atoms with Crippen LogP contribution in [-0.2, 0) is 15.2 Å². The van der Waals surface area contributed by atoms with Crippen molar-refractivity contribution in [1.29, 1.82) is 0 Å². The van der Waals surface area contributed by atoms with E-state index in [4.69, 9.17) is 0 Å². The van der Waals surface area contributed by atoms with Crippen LogP contribution in [0.3, 0.4) is 0 Å². The van der Waals surface area contributed by atoms with Gasteiger partial charge in [-0.1, -0.05) is 24.3 Å². The number of carbonyl (C=O) groups excluding carboxylic acids is 2. The zero-order chi connectivity index (χ0) is 21.2. The molecule has 3 N–H and O–H groups in total. The summed E-state index contributed by atoms with van der Waals surface area (Å²) >= 11 is 1.40. The number of rotatable bonds is 5. The van der Waals surface area contributed by atoms with E-state index in [-0.39, 0.29) is 17.9 Å². The number of fused-ring (bicyclic) bond motifs is 1. The molecule has 3 rings (SSSR count). The lowest BCUT2D eigenvalue weighted by atomic mass is 10.0. The van der Waals surface area contributed by atoms with Crippen molar-refractivity contribution in [3.8, 4) is 0 Å². The molecule has 0 bridgehead atoms. The van der Waals surface area contributed by atoms with Crippen molar-refractivity contribution in [2.24, 2.45) is 0 Å². The van der Waals surface area contributed by atoms with Crippen LogP contribution in [0, 0.1) is 17.0 Å². The van der Waals surface area contributed by atoms with Gasteiger partial charge in [-0.2, -0.15) is 0 Å². The van der Waals surface area contributed by atoms with Gasteiger partial charge < -0.3 is 15.7 Å². The molecule has 0 radical (unpaired) electrons. The molecule has 0 aliphatic rings. The minimum Gasteiger partial charge on any atom is -0.383 e. The quantitative estimate of drug-likeness (QED) is 0.337. The number of carbonyl (C=O) groups is 2. The largest absolute Gasteiger partial charge is 0.383 e. The molecule has 1 aromatic heterocycles. The SMILES string of the molecule is Cc1ccc(NC(=O)C(=O)NCC(C)(O)c2cc3ccccc3s2)c([N+](=O)[O-])c1. The number of nitro benzene ring substituents is 1. The maximum atomic E-state index is 12.1. The fourth-order valence-electron chi connectivity index (χ4n) is 2.74. The number of amides is 2. The van der Waals surface area contributed by atoms with Gasteiger partial charge in [-0.15, -0.1) is 11.3 Å². The highest BCUT2D eigenvalue weighted by atomic mass is 32.1. The van der Waals surface area contributed by atoms with Gasteiger partial charge in [0.25, 0.3) is 5.69 Å². The Labute approximate surface area is 170 Å². The Morgan fingerprint density at radius 1 is 1.17 bits per heavy atom. The Balaban J connectivity index is 1.67. The number of hydrogen-bond acceptors (Lipinski definition) is 6. The molecule has 0 aliphatic carbocycles. The number of benzene rings is 2. The summed E-state index contributed by atoms with van der Waals surface area (Å²) in [6.07, 6.45) is 0. The molecule has 2 amide bonds. The number of thiophene rings is 1. The number of nitrogens with one attached hydrogen (secondary N) is 2. The fourth-order valence-corrected chi connectivity index (χ4v) is 3.85. The summed E-state index contributed by atoms with van der Waals surface area (Å²) in [5, 5.41) is 27.5. The van der Waals surface area contributed by atoms with Crippen molar-refractivity contribution < 1.29 is 19.6 Å². The van der Waals surface area contributed by atoms with Crippen molar-refractivity contribution >= 4 is 44.6 Å². The monoisotopic (exact) mass is 413 g/mol. The van der Waals surface area contributed by atoms with Crippen LogP contribution >= 0.6 is 11.3 Å². The van der Waals surface area contributed by atoms with Gasteiger partial charge in [-0.25, -0.2) is 0 Å². The normalized spacial score (nSPS) is 12.9. The third kappa shape index (κ3) is 4.58. The second-order valence-electron chi connectivity index (χ2n) is 6.84. The highest BCUT2D eigenvalue weighted by Gasteiger charge is 2.28. The Morgan fingerprint density at radius 2 is 1.90 bits per heavy atom. The van der Waals surface area contributed by atoms with Gasteiger partial charge in [0, 0.05) is 15.6 Å². The van der Waals surface area contributed by atoms with Crippen LogP contribution in [0.25, 0.3) is 10.1 Å². The molecule has 29 heavy (non-hydrogen) atoms. The number of nitro groups is 1. The molecule has 0 aliphatic heterocycles. The molecule has 0 saturated heterocycles. The lowest BCUT2D eigenvalue weighted by molar-refractivity contribution is -0.384. The van der Waals surface area contributed by atoms with E-state index in [1.165, 1.54) is 23.5 Å². The summed E-state index contributed by atoms with van der Waals surface area (Å²) in [5.74, 6) is -2.05. The minimum absolute atomic E-state index is 0.0722. The van der Waals surface area contributed by atoms with E-state index in [2.05, 4.69) is 10.6 Å². The molecule has 1 heterocycles. The summed E-state index contributed by atoms with van der Waals surface area (Å²) < 4.78 is 0.999. The molecule has 9 heteroatoms. The average molecular weight is 413 g/mol. The van der Waals surface area contributed by atoms with Crippen molar-refractivity contribution in [1.82, 2.24) is 5.32 Å². The maximum Gasteiger partial charge on any atom is 0.313 e. The molecule has 8 nitrogen and oxygen atoms in total. The van der Waals surface area contributed by atoms with E-state index < -0.39 is 22.3 Å². The van der Waals surface area contributed by atoms with Gasteiger partial charge in [0.2, 0.25) is 0 Å². The van der Waals surface area contributed by atoms with E-state index in [1.807, 2.05) is 30.3 Å². The van der Waals surface area contributed by atoms with Crippen molar-refractivity contribution in [3.63, 3.8) is 0 Å². The number of hydrogen-bond donors (Lipinski definition) is 3. The lowest BCUT2D eigenvalue weighted by Gasteiger charge is -2.22.